The summed E-state index contributed by atoms with van der Waals surface area (Å²) >= 11 is 0. The second-order valence-electron chi connectivity index (χ2n) is 6.16. The van der Waals surface area contributed by atoms with Crippen molar-refractivity contribution in [2.45, 2.75) is 19.3 Å². The quantitative estimate of drug-likeness (QED) is 0.766. The van der Waals surface area contributed by atoms with Gasteiger partial charge in [0.2, 0.25) is 11.8 Å². The van der Waals surface area contributed by atoms with Crippen LogP contribution < -0.4 is 10.1 Å². The molecule has 3 heterocycles. The first-order valence-electron chi connectivity index (χ1n) is 8.20. The maximum absolute atomic E-state index is 14.4. The SMILES string of the molecule is COc1ccc(-n2nc(C)c3c2NC(=O)C[C@H]3c2ccc(F)cc2F)nn1. The van der Waals surface area contributed by atoms with Crippen molar-refractivity contribution in [1.29, 1.82) is 0 Å². The highest BCUT2D eigenvalue weighted by molar-refractivity contribution is 5.95. The average molecular weight is 371 g/mol. The highest BCUT2D eigenvalue weighted by atomic mass is 19.1. The van der Waals surface area contributed by atoms with E-state index in [1.807, 2.05) is 0 Å². The van der Waals surface area contributed by atoms with E-state index in [4.69, 9.17) is 4.74 Å². The van der Waals surface area contributed by atoms with Gasteiger partial charge in [0, 0.05) is 30.0 Å². The Balaban J connectivity index is 1.85. The minimum absolute atomic E-state index is 0.0381. The summed E-state index contributed by atoms with van der Waals surface area (Å²) in [7, 11) is 1.48. The molecule has 1 amide bonds. The molecule has 0 saturated carbocycles. The van der Waals surface area contributed by atoms with E-state index < -0.39 is 17.6 Å². The first-order valence-corrected chi connectivity index (χ1v) is 8.20. The van der Waals surface area contributed by atoms with Crippen molar-refractivity contribution in [2.24, 2.45) is 0 Å². The van der Waals surface area contributed by atoms with Crippen LogP contribution in [0.5, 0.6) is 5.88 Å². The summed E-state index contributed by atoms with van der Waals surface area (Å²) in [6.45, 7) is 1.76. The second kappa shape index (κ2) is 6.42. The Morgan fingerprint density at radius 3 is 2.70 bits per heavy atom. The molecule has 9 heteroatoms. The maximum atomic E-state index is 14.4. The molecular formula is C18H15F2N5O2. The zero-order valence-corrected chi connectivity index (χ0v) is 14.5. The van der Waals surface area contributed by atoms with Crippen molar-refractivity contribution in [1.82, 2.24) is 20.0 Å². The number of halogens is 2. The Bertz CT molecular complexity index is 1030. The Labute approximate surface area is 153 Å². The molecule has 0 radical (unpaired) electrons. The molecule has 0 bridgehead atoms. The van der Waals surface area contributed by atoms with Crippen molar-refractivity contribution in [3.8, 4) is 11.7 Å². The molecule has 7 nitrogen and oxygen atoms in total. The molecule has 1 aromatic carbocycles. The third kappa shape index (κ3) is 2.90. The number of nitrogens with one attached hydrogen (secondary N) is 1. The number of rotatable bonds is 3. The number of anilines is 1. The fraction of sp³-hybridized carbons (Fsp3) is 0.222. The van der Waals surface area contributed by atoms with Crippen LogP contribution in [-0.4, -0.2) is 33.0 Å². The first-order chi connectivity index (χ1) is 13.0. The summed E-state index contributed by atoms with van der Waals surface area (Å²) in [6.07, 6.45) is 0.0381. The standard InChI is InChI=1S/C18H15F2N5O2/c1-9-17-12(11-4-3-10(19)7-13(11)20)8-15(26)21-18(17)25(24-9)14-5-6-16(27-2)23-22-14/h3-7,12H,8H2,1-2H3,(H,21,26)/t12-/m0/s1. The number of ether oxygens (including phenoxy) is 1. The number of amides is 1. The Morgan fingerprint density at radius 2 is 2.04 bits per heavy atom. The van der Waals surface area contributed by atoms with Crippen LogP contribution in [-0.2, 0) is 4.79 Å². The van der Waals surface area contributed by atoms with E-state index in [1.54, 1.807) is 19.1 Å². The summed E-state index contributed by atoms with van der Waals surface area (Å²) in [5.74, 6) is -1.12. The summed E-state index contributed by atoms with van der Waals surface area (Å²) in [5, 5.41) is 15.2. The predicted molar refractivity (Wildman–Crippen MR) is 91.9 cm³/mol. The number of nitrogens with zero attached hydrogens (tertiary/aromatic N) is 4. The molecule has 3 aromatic rings. The monoisotopic (exact) mass is 371 g/mol. The minimum atomic E-state index is -0.697. The van der Waals surface area contributed by atoms with Gasteiger partial charge in [0.15, 0.2) is 5.82 Å². The van der Waals surface area contributed by atoms with Crippen LogP contribution in [0, 0.1) is 18.6 Å². The normalized spacial score (nSPS) is 16.0. The number of methoxy groups -OCH3 is 1. The minimum Gasteiger partial charge on any atom is -0.480 e. The predicted octanol–water partition coefficient (Wildman–Crippen LogP) is 2.73. The largest absolute Gasteiger partial charge is 0.480 e. The van der Waals surface area contributed by atoms with Gasteiger partial charge in [-0.3, -0.25) is 4.79 Å². The van der Waals surface area contributed by atoms with Gasteiger partial charge in [-0.05, 0) is 24.6 Å². The molecule has 0 fully saturated rings. The van der Waals surface area contributed by atoms with Crippen molar-refractivity contribution in [2.75, 3.05) is 12.4 Å². The summed E-state index contributed by atoms with van der Waals surface area (Å²) in [6, 6.07) is 6.62. The molecule has 0 aliphatic carbocycles. The van der Waals surface area contributed by atoms with E-state index in [1.165, 1.54) is 23.9 Å². The zero-order valence-electron chi connectivity index (χ0n) is 14.5. The number of aromatic nitrogens is 4. The topological polar surface area (TPSA) is 81.9 Å². The van der Waals surface area contributed by atoms with Crippen LogP contribution in [0.3, 0.4) is 0 Å². The molecule has 2 aromatic heterocycles. The lowest BCUT2D eigenvalue weighted by molar-refractivity contribution is -0.116. The van der Waals surface area contributed by atoms with E-state index in [-0.39, 0.29) is 17.9 Å². The maximum Gasteiger partial charge on any atom is 0.233 e. The fourth-order valence-electron chi connectivity index (χ4n) is 3.30. The van der Waals surface area contributed by atoms with Crippen molar-refractivity contribution < 1.29 is 18.3 Å². The zero-order chi connectivity index (χ0) is 19.1. The molecule has 4 rings (SSSR count). The molecule has 27 heavy (non-hydrogen) atoms. The van der Waals surface area contributed by atoms with E-state index in [0.29, 0.717) is 28.8 Å². The van der Waals surface area contributed by atoms with Gasteiger partial charge in [0.25, 0.3) is 0 Å². The molecule has 0 unspecified atom stereocenters. The van der Waals surface area contributed by atoms with Crippen molar-refractivity contribution in [3.05, 3.63) is 58.8 Å². The second-order valence-corrected chi connectivity index (χ2v) is 6.16. The number of hydrogen-bond donors (Lipinski definition) is 1. The number of carbonyl (C=O) groups is 1. The van der Waals surface area contributed by atoms with Gasteiger partial charge < -0.3 is 10.1 Å². The molecule has 138 valence electrons. The number of aryl methyl sites for hydroxylation is 1. The van der Waals surface area contributed by atoms with E-state index in [2.05, 4.69) is 20.6 Å². The molecule has 1 atom stereocenters. The molecule has 1 aliphatic rings. The summed E-state index contributed by atoms with van der Waals surface area (Å²) < 4.78 is 34.1. The van der Waals surface area contributed by atoms with Crippen LogP contribution >= 0.6 is 0 Å². The summed E-state index contributed by atoms with van der Waals surface area (Å²) in [4.78, 5) is 12.3. The van der Waals surface area contributed by atoms with Gasteiger partial charge in [0.1, 0.15) is 17.5 Å². The Hall–Kier alpha value is -3.36. The van der Waals surface area contributed by atoms with Crippen LogP contribution in [0.25, 0.3) is 5.82 Å². The third-order valence-electron chi connectivity index (χ3n) is 4.49. The van der Waals surface area contributed by atoms with E-state index in [9.17, 15) is 13.6 Å². The lowest BCUT2D eigenvalue weighted by atomic mass is 9.85. The van der Waals surface area contributed by atoms with Gasteiger partial charge in [-0.2, -0.15) is 9.78 Å². The van der Waals surface area contributed by atoms with E-state index >= 15 is 0 Å². The molecular weight excluding hydrogens is 356 g/mol. The van der Waals surface area contributed by atoms with Gasteiger partial charge in [-0.15, -0.1) is 10.2 Å². The smallest absolute Gasteiger partial charge is 0.233 e. The van der Waals surface area contributed by atoms with Crippen molar-refractivity contribution in [3.63, 3.8) is 0 Å². The van der Waals surface area contributed by atoms with Crippen LogP contribution in [0.2, 0.25) is 0 Å². The summed E-state index contributed by atoms with van der Waals surface area (Å²) in [5.41, 5.74) is 1.52. The number of carbonyl (C=O) groups excluding carboxylic acids is 1. The molecule has 0 saturated heterocycles. The molecule has 0 spiro atoms. The number of fused-ring (bicyclic) bond motifs is 1. The third-order valence-corrected chi connectivity index (χ3v) is 4.49. The fourth-order valence-corrected chi connectivity index (χ4v) is 3.30. The van der Waals surface area contributed by atoms with Crippen molar-refractivity contribution >= 4 is 11.7 Å². The van der Waals surface area contributed by atoms with Gasteiger partial charge >= 0.3 is 0 Å². The highest BCUT2D eigenvalue weighted by Gasteiger charge is 2.34. The Morgan fingerprint density at radius 1 is 1.22 bits per heavy atom. The Kier molecular flexibility index (Phi) is 4.06. The van der Waals surface area contributed by atoms with Gasteiger partial charge in [-0.1, -0.05) is 6.07 Å². The van der Waals surface area contributed by atoms with Gasteiger partial charge in [0.05, 0.1) is 12.8 Å². The number of benzene rings is 1. The first kappa shape index (κ1) is 17.1. The van der Waals surface area contributed by atoms with Crippen LogP contribution in [0.15, 0.2) is 30.3 Å². The lowest BCUT2D eigenvalue weighted by Gasteiger charge is -2.24. The average Bonchev–Trinajstić information content (AvgIpc) is 2.98. The highest BCUT2D eigenvalue weighted by Crippen LogP contribution is 2.40. The molecule has 1 N–H and O–H groups in total. The molecule has 1 aliphatic heterocycles. The van der Waals surface area contributed by atoms with Crippen LogP contribution in [0.4, 0.5) is 14.6 Å². The van der Waals surface area contributed by atoms with E-state index in [0.717, 1.165) is 6.07 Å². The van der Waals surface area contributed by atoms with Gasteiger partial charge in [-0.25, -0.2) is 8.78 Å². The van der Waals surface area contributed by atoms with Crippen LogP contribution in [0.1, 0.15) is 29.2 Å². The lowest BCUT2D eigenvalue weighted by Crippen LogP contribution is -2.25. The number of hydrogen-bond acceptors (Lipinski definition) is 5.